The first-order chi connectivity index (χ1) is 9.99. The van der Waals surface area contributed by atoms with Gasteiger partial charge in [0.25, 0.3) is 0 Å². The average Bonchev–Trinajstić information content (AvgIpc) is 2.46. The standard InChI is InChI=1S/C15H18N4O2/c1-9(2)11-5-4-6-12(8-11)21-15-17-10(3)7-13(18-15)14(16)19-20/h4-9,20H,1-3H3,(H2,16,19). The molecule has 0 fully saturated rings. The number of rotatable bonds is 4. The minimum absolute atomic E-state index is 0.0821. The molecule has 0 radical (unpaired) electrons. The molecule has 3 N–H and O–H groups in total. The van der Waals surface area contributed by atoms with E-state index in [0.29, 0.717) is 23.1 Å². The van der Waals surface area contributed by atoms with E-state index in [1.807, 2.05) is 24.3 Å². The summed E-state index contributed by atoms with van der Waals surface area (Å²) in [6.07, 6.45) is 0. The smallest absolute Gasteiger partial charge is 0.322 e. The van der Waals surface area contributed by atoms with Gasteiger partial charge in [0, 0.05) is 5.69 Å². The van der Waals surface area contributed by atoms with E-state index >= 15 is 0 Å². The lowest BCUT2D eigenvalue weighted by molar-refractivity contribution is 0.318. The monoisotopic (exact) mass is 286 g/mol. The van der Waals surface area contributed by atoms with Gasteiger partial charge in [-0.15, -0.1) is 0 Å². The second-order valence-corrected chi connectivity index (χ2v) is 4.99. The van der Waals surface area contributed by atoms with Gasteiger partial charge in [-0.05, 0) is 36.6 Å². The summed E-state index contributed by atoms with van der Waals surface area (Å²) in [6, 6.07) is 9.52. The Morgan fingerprint density at radius 3 is 2.71 bits per heavy atom. The zero-order chi connectivity index (χ0) is 15.4. The molecule has 1 aromatic carbocycles. The van der Waals surface area contributed by atoms with Crippen LogP contribution in [-0.2, 0) is 0 Å². The van der Waals surface area contributed by atoms with E-state index in [0.717, 1.165) is 5.56 Å². The number of amidine groups is 1. The lowest BCUT2D eigenvalue weighted by Gasteiger charge is -2.09. The van der Waals surface area contributed by atoms with Crippen molar-refractivity contribution in [2.24, 2.45) is 10.9 Å². The van der Waals surface area contributed by atoms with Gasteiger partial charge in [-0.2, -0.15) is 4.98 Å². The topological polar surface area (TPSA) is 93.6 Å². The highest BCUT2D eigenvalue weighted by molar-refractivity contribution is 5.95. The Hall–Kier alpha value is -2.63. The van der Waals surface area contributed by atoms with Crippen LogP contribution in [0.4, 0.5) is 0 Å². The Labute approximate surface area is 123 Å². The van der Waals surface area contributed by atoms with Crippen LogP contribution in [0.5, 0.6) is 11.8 Å². The second-order valence-electron chi connectivity index (χ2n) is 4.99. The van der Waals surface area contributed by atoms with Gasteiger partial charge in [0.05, 0.1) is 0 Å². The number of hydrogen-bond acceptors (Lipinski definition) is 5. The maximum Gasteiger partial charge on any atom is 0.322 e. The number of oxime groups is 1. The Morgan fingerprint density at radius 1 is 1.29 bits per heavy atom. The van der Waals surface area contributed by atoms with Gasteiger partial charge in [-0.1, -0.05) is 31.1 Å². The molecule has 6 heteroatoms. The van der Waals surface area contributed by atoms with Crippen molar-refractivity contribution in [2.75, 3.05) is 0 Å². The molecule has 0 atom stereocenters. The van der Waals surface area contributed by atoms with Crippen molar-refractivity contribution in [2.45, 2.75) is 26.7 Å². The van der Waals surface area contributed by atoms with Crippen LogP contribution in [0.15, 0.2) is 35.5 Å². The summed E-state index contributed by atoms with van der Waals surface area (Å²) in [6.45, 7) is 6.00. The zero-order valence-electron chi connectivity index (χ0n) is 12.2. The molecule has 0 bridgehead atoms. The molecule has 0 aliphatic heterocycles. The number of nitrogens with zero attached hydrogens (tertiary/aromatic N) is 3. The van der Waals surface area contributed by atoms with Crippen molar-refractivity contribution in [1.29, 1.82) is 0 Å². The molecule has 0 saturated carbocycles. The number of hydrogen-bond donors (Lipinski definition) is 2. The number of nitrogens with two attached hydrogens (primary N) is 1. The second kappa shape index (κ2) is 6.21. The van der Waals surface area contributed by atoms with E-state index in [1.165, 1.54) is 0 Å². The molecule has 1 heterocycles. The number of aromatic nitrogens is 2. The summed E-state index contributed by atoms with van der Waals surface area (Å²) in [5.41, 5.74) is 7.69. The predicted molar refractivity (Wildman–Crippen MR) is 79.9 cm³/mol. The SMILES string of the molecule is Cc1cc(/C(N)=N/O)nc(Oc2cccc(C(C)C)c2)n1. The van der Waals surface area contributed by atoms with E-state index < -0.39 is 0 Å². The highest BCUT2D eigenvalue weighted by Gasteiger charge is 2.09. The molecule has 0 unspecified atom stereocenters. The molecule has 6 nitrogen and oxygen atoms in total. The predicted octanol–water partition coefficient (Wildman–Crippen LogP) is 2.80. The normalized spacial score (nSPS) is 11.7. The summed E-state index contributed by atoms with van der Waals surface area (Å²) in [4.78, 5) is 8.32. The molecule has 0 saturated heterocycles. The summed E-state index contributed by atoms with van der Waals surface area (Å²) in [7, 11) is 0. The Balaban J connectivity index is 2.31. The first kappa shape index (κ1) is 14.8. The summed E-state index contributed by atoms with van der Waals surface area (Å²) in [5.74, 6) is 0.971. The van der Waals surface area contributed by atoms with Gasteiger partial charge in [0.2, 0.25) is 0 Å². The lowest BCUT2D eigenvalue weighted by atomic mass is 10.0. The average molecular weight is 286 g/mol. The lowest BCUT2D eigenvalue weighted by Crippen LogP contribution is -2.16. The van der Waals surface area contributed by atoms with E-state index in [4.69, 9.17) is 15.7 Å². The van der Waals surface area contributed by atoms with Crippen LogP contribution < -0.4 is 10.5 Å². The van der Waals surface area contributed by atoms with Crippen LogP contribution in [0.25, 0.3) is 0 Å². The molecular weight excluding hydrogens is 268 g/mol. The summed E-state index contributed by atoms with van der Waals surface area (Å²) < 4.78 is 5.67. The fourth-order valence-electron chi connectivity index (χ4n) is 1.81. The summed E-state index contributed by atoms with van der Waals surface area (Å²) >= 11 is 0. The van der Waals surface area contributed by atoms with E-state index in [9.17, 15) is 0 Å². The third kappa shape index (κ3) is 3.68. The van der Waals surface area contributed by atoms with Crippen molar-refractivity contribution in [1.82, 2.24) is 9.97 Å². The molecule has 0 aliphatic carbocycles. The summed E-state index contributed by atoms with van der Waals surface area (Å²) in [5, 5.41) is 11.7. The third-order valence-electron chi connectivity index (χ3n) is 2.94. The van der Waals surface area contributed by atoms with Gasteiger partial charge >= 0.3 is 6.01 Å². The number of ether oxygens (including phenoxy) is 1. The largest absolute Gasteiger partial charge is 0.424 e. The Kier molecular flexibility index (Phi) is 4.37. The van der Waals surface area contributed by atoms with Gasteiger partial charge in [0.15, 0.2) is 5.84 Å². The molecule has 110 valence electrons. The van der Waals surface area contributed by atoms with Crippen LogP contribution in [0.3, 0.4) is 0 Å². The Morgan fingerprint density at radius 2 is 2.05 bits per heavy atom. The van der Waals surface area contributed by atoms with Crippen LogP contribution in [0.1, 0.15) is 36.7 Å². The fraction of sp³-hybridized carbons (Fsp3) is 0.267. The minimum atomic E-state index is -0.0821. The molecule has 21 heavy (non-hydrogen) atoms. The number of aryl methyl sites for hydroxylation is 1. The number of benzene rings is 1. The van der Waals surface area contributed by atoms with Gasteiger partial charge in [0.1, 0.15) is 11.4 Å². The molecule has 0 spiro atoms. The van der Waals surface area contributed by atoms with Crippen LogP contribution in [0.2, 0.25) is 0 Å². The van der Waals surface area contributed by atoms with Crippen molar-refractivity contribution in [3.8, 4) is 11.8 Å². The molecule has 0 aliphatic rings. The molecule has 2 aromatic rings. The van der Waals surface area contributed by atoms with Crippen molar-refractivity contribution >= 4 is 5.84 Å². The van der Waals surface area contributed by atoms with Crippen LogP contribution in [0, 0.1) is 6.92 Å². The third-order valence-corrected chi connectivity index (χ3v) is 2.94. The Bertz CT molecular complexity index is 668. The van der Waals surface area contributed by atoms with Crippen molar-refractivity contribution < 1.29 is 9.94 Å². The van der Waals surface area contributed by atoms with Crippen LogP contribution in [-0.4, -0.2) is 21.0 Å². The van der Waals surface area contributed by atoms with E-state index in [2.05, 4.69) is 29.0 Å². The first-order valence-corrected chi connectivity index (χ1v) is 6.61. The van der Waals surface area contributed by atoms with E-state index in [-0.39, 0.29) is 11.8 Å². The molecule has 1 aromatic heterocycles. The minimum Gasteiger partial charge on any atom is -0.424 e. The van der Waals surface area contributed by atoms with Gasteiger partial charge < -0.3 is 15.7 Å². The van der Waals surface area contributed by atoms with Crippen molar-refractivity contribution in [3.63, 3.8) is 0 Å². The van der Waals surface area contributed by atoms with Crippen molar-refractivity contribution in [3.05, 3.63) is 47.3 Å². The maximum absolute atomic E-state index is 8.72. The molecule has 2 rings (SSSR count). The quantitative estimate of drug-likeness (QED) is 0.390. The van der Waals surface area contributed by atoms with E-state index in [1.54, 1.807) is 13.0 Å². The maximum atomic E-state index is 8.72. The van der Waals surface area contributed by atoms with Gasteiger partial charge in [-0.3, -0.25) is 0 Å². The molecular formula is C15H18N4O2. The fourth-order valence-corrected chi connectivity index (χ4v) is 1.81. The highest BCUT2D eigenvalue weighted by atomic mass is 16.5. The van der Waals surface area contributed by atoms with Crippen LogP contribution >= 0.6 is 0 Å². The zero-order valence-corrected chi connectivity index (χ0v) is 12.2. The highest BCUT2D eigenvalue weighted by Crippen LogP contribution is 2.23. The first-order valence-electron chi connectivity index (χ1n) is 6.61. The van der Waals surface area contributed by atoms with Gasteiger partial charge in [-0.25, -0.2) is 4.98 Å². The molecule has 0 amide bonds.